The van der Waals surface area contributed by atoms with Crippen LogP contribution in [0.1, 0.15) is 12.8 Å². The summed E-state index contributed by atoms with van der Waals surface area (Å²) in [5.74, 6) is 2.25. The van der Waals surface area contributed by atoms with Crippen molar-refractivity contribution in [2.75, 3.05) is 31.6 Å². The summed E-state index contributed by atoms with van der Waals surface area (Å²) in [5.41, 5.74) is 0.968. The van der Waals surface area contributed by atoms with E-state index in [0.29, 0.717) is 5.92 Å². The number of H-pyrrole nitrogens is 1. The Morgan fingerprint density at radius 1 is 1.50 bits per heavy atom. The molecule has 2 aromatic rings. The van der Waals surface area contributed by atoms with Gasteiger partial charge in [0.1, 0.15) is 0 Å². The maximum atomic E-state index is 4.60. The second kappa shape index (κ2) is 5.62. The van der Waals surface area contributed by atoms with Gasteiger partial charge >= 0.3 is 0 Å². The van der Waals surface area contributed by atoms with Crippen LogP contribution in [0, 0.1) is 5.92 Å². The van der Waals surface area contributed by atoms with E-state index < -0.39 is 0 Å². The summed E-state index contributed by atoms with van der Waals surface area (Å²) in [5, 5.41) is 14.8. The first-order valence-electron chi connectivity index (χ1n) is 7.07. The Bertz CT molecular complexity index is 557. The zero-order valence-electron chi connectivity index (χ0n) is 12.0. The van der Waals surface area contributed by atoms with E-state index in [-0.39, 0.29) is 0 Å². The lowest BCUT2D eigenvalue weighted by atomic mass is 9.98. The number of hydrogen-bond donors (Lipinski definition) is 2. The van der Waals surface area contributed by atoms with Crippen LogP contribution in [0.15, 0.2) is 12.4 Å². The maximum absolute atomic E-state index is 4.60. The topological polar surface area (TPSA) is 74.7 Å². The highest BCUT2D eigenvalue weighted by Gasteiger charge is 2.22. The van der Waals surface area contributed by atoms with Gasteiger partial charge in [-0.15, -0.1) is 5.10 Å². The number of piperidine rings is 1. The lowest BCUT2D eigenvalue weighted by Crippen LogP contribution is -2.39. The quantitative estimate of drug-likeness (QED) is 0.856. The second-order valence-corrected chi connectivity index (χ2v) is 5.40. The van der Waals surface area contributed by atoms with Gasteiger partial charge in [-0.05, 0) is 32.4 Å². The smallest absolute Gasteiger partial charge is 0.245 e. The fraction of sp³-hybridized carbons (Fsp3) is 0.615. The van der Waals surface area contributed by atoms with Gasteiger partial charge < -0.3 is 10.2 Å². The van der Waals surface area contributed by atoms with Crippen molar-refractivity contribution in [3.8, 4) is 11.4 Å². The molecule has 7 nitrogen and oxygen atoms in total. The molecule has 0 aliphatic carbocycles. The third-order valence-electron chi connectivity index (χ3n) is 3.75. The van der Waals surface area contributed by atoms with Crippen LogP contribution in [-0.4, -0.2) is 51.6 Å². The summed E-state index contributed by atoms with van der Waals surface area (Å²) < 4.78 is 1.77. The number of aromatic amines is 1. The van der Waals surface area contributed by atoms with E-state index in [0.717, 1.165) is 37.0 Å². The first kappa shape index (κ1) is 13.1. The summed E-state index contributed by atoms with van der Waals surface area (Å²) in [6.45, 7) is 3.10. The van der Waals surface area contributed by atoms with E-state index in [1.807, 2.05) is 20.3 Å². The molecule has 0 radical (unpaired) electrons. The molecule has 0 spiro atoms. The molecule has 0 bridgehead atoms. The van der Waals surface area contributed by atoms with Crippen LogP contribution >= 0.6 is 0 Å². The number of aromatic nitrogens is 5. The van der Waals surface area contributed by atoms with Crippen molar-refractivity contribution in [3.05, 3.63) is 12.4 Å². The average Bonchev–Trinajstić information content (AvgIpc) is 3.08. The van der Waals surface area contributed by atoms with Gasteiger partial charge in [0.2, 0.25) is 5.95 Å². The molecule has 108 valence electrons. The minimum atomic E-state index is 0.675. The summed E-state index contributed by atoms with van der Waals surface area (Å²) >= 11 is 0. The fourth-order valence-corrected chi connectivity index (χ4v) is 2.77. The van der Waals surface area contributed by atoms with Crippen molar-refractivity contribution < 1.29 is 0 Å². The number of aryl methyl sites for hydroxylation is 1. The minimum absolute atomic E-state index is 0.675. The van der Waals surface area contributed by atoms with Crippen molar-refractivity contribution in [3.63, 3.8) is 0 Å². The first-order valence-corrected chi connectivity index (χ1v) is 7.07. The maximum Gasteiger partial charge on any atom is 0.245 e. The Kier molecular flexibility index (Phi) is 3.68. The highest BCUT2D eigenvalue weighted by Crippen LogP contribution is 2.22. The van der Waals surface area contributed by atoms with Gasteiger partial charge in [-0.25, -0.2) is 0 Å². The van der Waals surface area contributed by atoms with E-state index in [4.69, 9.17) is 0 Å². The Balaban J connectivity index is 1.73. The third kappa shape index (κ3) is 2.67. The second-order valence-electron chi connectivity index (χ2n) is 5.40. The van der Waals surface area contributed by atoms with Gasteiger partial charge in [0.25, 0.3) is 0 Å². The number of nitrogens with one attached hydrogen (secondary N) is 2. The average molecular weight is 275 g/mol. The SMILES string of the molecule is CNCC1CCCN(c2n[nH]c(-c3cnn(C)c3)n2)C1. The Labute approximate surface area is 118 Å². The molecule has 7 heteroatoms. The molecule has 0 aromatic carbocycles. The van der Waals surface area contributed by atoms with E-state index in [1.54, 1.807) is 10.9 Å². The van der Waals surface area contributed by atoms with Crippen LogP contribution in [0.5, 0.6) is 0 Å². The van der Waals surface area contributed by atoms with Gasteiger partial charge in [0.15, 0.2) is 5.82 Å². The third-order valence-corrected chi connectivity index (χ3v) is 3.75. The summed E-state index contributed by atoms with van der Waals surface area (Å²) in [7, 11) is 3.90. The molecule has 3 heterocycles. The molecule has 1 saturated heterocycles. The Morgan fingerprint density at radius 2 is 2.40 bits per heavy atom. The molecule has 20 heavy (non-hydrogen) atoms. The number of rotatable bonds is 4. The monoisotopic (exact) mass is 275 g/mol. The lowest BCUT2D eigenvalue weighted by Gasteiger charge is -2.31. The summed E-state index contributed by atoms with van der Waals surface area (Å²) in [6, 6.07) is 0. The van der Waals surface area contributed by atoms with Crippen LogP contribution in [0.4, 0.5) is 5.95 Å². The Hall–Kier alpha value is -1.89. The van der Waals surface area contributed by atoms with E-state index in [2.05, 4.69) is 30.5 Å². The molecule has 1 fully saturated rings. The van der Waals surface area contributed by atoms with E-state index in [9.17, 15) is 0 Å². The molecule has 1 unspecified atom stereocenters. The van der Waals surface area contributed by atoms with E-state index >= 15 is 0 Å². The van der Waals surface area contributed by atoms with Gasteiger partial charge in [0.05, 0.1) is 11.8 Å². The van der Waals surface area contributed by atoms with Crippen LogP contribution in [0.3, 0.4) is 0 Å². The zero-order valence-corrected chi connectivity index (χ0v) is 12.0. The minimum Gasteiger partial charge on any atom is -0.339 e. The normalized spacial score (nSPS) is 19.5. The van der Waals surface area contributed by atoms with Crippen molar-refractivity contribution >= 4 is 5.95 Å². The molecule has 2 N–H and O–H groups in total. The van der Waals surface area contributed by atoms with Crippen LogP contribution in [-0.2, 0) is 7.05 Å². The predicted octanol–water partition coefficient (Wildman–Crippen LogP) is 0.641. The lowest BCUT2D eigenvalue weighted by molar-refractivity contribution is 0.399. The Morgan fingerprint density at radius 3 is 3.15 bits per heavy atom. The molecule has 1 atom stereocenters. The molecule has 0 amide bonds. The van der Waals surface area contributed by atoms with Gasteiger partial charge in [0, 0.05) is 26.3 Å². The number of anilines is 1. The van der Waals surface area contributed by atoms with Crippen molar-refractivity contribution in [2.45, 2.75) is 12.8 Å². The van der Waals surface area contributed by atoms with Crippen LogP contribution in [0.2, 0.25) is 0 Å². The highest BCUT2D eigenvalue weighted by atomic mass is 15.4. The molecular formula is C13H21N7. The molecule has 1 aliphatic rings. The molecule has 0 saturated carbocycles. The van der Waals surface area contributed by atoms with Crippen LogP contribution < -0.4 is 10.2 Å². The van der Waals surface area contributed by atoms with Crippen LogP contribution in [0.25, 0.3) is 11.4 Å². The van der Waals surface area contributed by atoms with Gasteiger partial charge in [-0.1, -0.05) is 0 Å². The van der Waals surface area contributed by atoms with Crippen molar-refractivity contribution in [2.24, 2.45) is 13.0 Å². The highest BCUT2D eigenvalue weighted by molar-refractivity contribution is 5.53. The first-order chi connectivity index (χ1) is 9.76. The summed E-state index contributed by atoms with van der Waals surface area (Å²) in [4.78, 5) is 6.86. The number of hydrogen-bond acceptors (Lipinski definition) is 5. The van der Waals surface area contributed by atoms with Gasteiger partial charge in [-0.3, -0.25) is 9.78 Å². The van der Waals surface area contributed by atoms with E-state index in [1.165, 1.54) is 12.8 Å². The number of nitrogens with zero attached hydrogens (tertiary/aromatic N) is 5. The molecule has 3 rings (SSSR count). The van der Waals surface area contributed by atoms with Crippen molar-refractivity contribution in [1.29, 1.82) is 0 Å². The molecule has 2 aromatic heterocycles. The van der Waals surface area contributed by atoms with Crippen molar-refractivity contribution in [1.82, 2.24) is 30.3 Å². The molecule has 1 aliphatic heterocycles. The predicted molar refractivity (Wildman–Crippen MR) is 77.4 cm³/mol. The fourth-order valence-electron chi connectivity index (χ4n) is 2.77. The van der Waals surface area contributed by atoms with Gasteiger partial charge in [-0.2, -0.15) is 10.1 Å². The standard InChI is InChI=1S/C13H21N7/c1-14-6-10-4-3-5-20(8-10)13-16-12(17-18-13)11-7-15-19(2)9-11/h7,9-10,14H,3-6,8H2,1-2H3,(H,16,17,18). The largest absolute Gasteiger partial charge is 0.339 e. The summed E-state index contributed by atoms with van der Waals surface area (Å²) in [6.07, 6.45) is 6.20. The molecular weight excluding hydrogens is 254 g/mol. The zero-order chi connectivity index (χ0) is 13.9.